The van der Waals surface area contributed by atoms with E-state index in [1.807, 2.05) is 0 Å². The first kappa shape index (κ1) is 17.4. The molecule has 1 unspecified atom stereocenters. The molecule has 2 heterocycles. The molecule has 1 aromatic rings. The number of hydrogen-bond acceptors (Lipinski definition) is 4. The third-order valence-electron chi connectivity index (χ3n) is 5.64. The molecular formula is C18H19F2NO5. The Hall–Kier alpha value is -2.06. The fourth-order valence-corrected chi connectivity index (χ4v) is 4.59. The van der Waals surface area contributed by atoms with Crippen LogP contribution in [0.2, 0.25) is 0 Å². The molecule has 0 aromatic heterocycles. The summed E-state index contributed by atoms with van der Waals surface area (Å²) in [6, 6.07) is 2.96. The molecule has 140 valence electrons. The first-order valence-electron chi connectivity index (χ1n) is 8.61. The van der Waals surface area contributed by atoms with Gasteiger partial charge < -0.3 is 19.5 Å². The Morgan fingerprint density at radius 3 is 2.42 bits per heavy atom. The van der Waals surface area contributed by atoms with Crippen LogP contribution in [0.3, 0.4) is 0 Å². The molecule has 2 saturated heterocycles. The first-order chi connectivity index (χ1) is 12.3. The molecule has 2 atom stereocenters. The predicted octanol–water partition coefficient (Wildman–Crippen LogP) is 2.32. The number of carboxylic acid groups (broad SMARTS) is 1. The van der Waals surface area contributed by atoms with Gasteiger partial charge >= 0.3 is 5.97 Å². The summed E-state index contributed by atoms with van der Waals surface area (Å²) < 4.78 is 38.5. The highest BCUT2D eigenvalue weighted by Crippen LogP contribution is 2.53. The lowest BCUT2D eigenvalue weighted by atomic mass is 9.66. The smallest absolute Gasteiger partial charge is 0.306 e. The van der Waals surface area contributed by atoms with Crippen LogP contribution in [0, 0.1) is 23.0 Å². The zero-order chi connectivity index (χ0) is 18.5. The zero-order valence-electron chi connectivity index (χ0n) is 14.0. The van der Waals surface area contributed by atoms with Crippen molar-refractivity contribution in [3.05, 3.63) is 29.8 Å². The summed E-state index contributed by atoms with van der Waals surface area (Å²) in [5, 5.41) is 9.53. The van der Waals surface area contributed by atoms with Crippen LogP contribution in [0.5, 0.6) is 0 Å². The number of carboxylic acids is 1. The van der Waals surface area contributed by atoms with Crippen LogP contribution in [0.1, 0.15) is 25.7 Å². The molecule has 2 spiro atoms. The molecule has 2 aliphatic heterocycles. The Bertz CT molecular complexity index is 744. The molecular weight excluding hydrogens is 348 g/mol. The van der Waals surface area contributed by atoms with E-state index >= 15 is 0 Å². The Morgan fingerprint density at radius 2 is 1.81 bits per heavy atom. The van der Waals surface area contributed by atoms with Crippen molar-refractivity contribution in [1.29, 1.82) is 0 Å². The van der Waals surface area contributed by atoms with Crippen LogP contribution in [-0.2, 0) is 19.1 Å². The standard InChI is InChI=1S/C18H19F2NO5/c19-12-5-13(20)7-14(6-12)21-2-1-17(16(21)24)8-11(15(22)23)9-18(10-17)25-3-4-26-18/h5-7,11H,1-4,8-10H2,(H,22,23)/t11?,17-/m1/s1. The Kier molecular flexibility index (Phi) is 4.00. The molecule has 1 N–H and O–H groups in total. The number of hydrogen-bond donors (Lipinski definition) is 1. The van der Waals surface area contributed by atoms with Crippen molar-refractivity contribution < 1.29 is 33.0 Å². The molecule has 0 radical (unpaired) electrons. The molecule has 3 fully saturated rings. The van der Waals surface area contributed by atoms with E-state index in [9.17, 15) is 23.5 Å². The summed E-state index contributed by atoms with van der Waals surface area (Å²) in [7, 11) is 0. The average molecular weight is 367 g/mol. The maximum Gasteiger partial charge on any atom is 0.306 e. The minimum absolute atomic E-state index is 0.143. The fourth-order valence-electron chi connectivity index (χ4n) is 4.59. The summed E-state index contributed by atoms with van der Waals surface area (Å²) in [5.74, 6) is -4.69. The fraction of sp³-hybridized carbons (Fsp3) is 0.556. The van der Waals surface area contributed by atoms with Crippen molar-refractivity contribution >= 4 is 17.6 Å². The Labute approximate surface area is 148 Å². The van der Waals surface area contributed by atoms with Crippen molar-refractivity contribution in [2.24, 2.45) is 11.3 Å². The monoisotopic (exact) mass is 367 g/mol. The number of aliphatic carboxylic acids is 1. The third-order valence-corrected chi connectivity index (χ3v) is 5.64. The van der Waals surface area contributed by atoms with Crippen LogP contribution in [0.15, 0.2) is 18.2 Å². The van der Waals surface area contributed by atoms with Gasteiger partial charge in [0.1, 0.15) is 11.6 Å². The van der Waals surface area contributed by atoms with Gasteiger partial charge in [0.25, 0.3) is 0 Å². The normalized spacial score (nSPS) is 30.5. The van der Waals surface area contributed by atoms with Gasteiger partial charge in [-0.2, -0.15) is 0 Å². The first-order valence-corrected chi connectivity index (χ1v) is 8.61. The second-order valence-electron chi connectivity index (χ2n) is 7.34. The number of carbonyl (C=O) groups excluding carboxylic acids is 1. The molecule has 6 nitrogen and oxygen atoms in total. The van der Waals surface area contributed by atoms with Crippen molar-refractivity contribution in [3.8, 4) is 0 Å². The number of benzene rings is 1. The van der Waals surface area contributed by atoms with Crippen LogP contribution < -0.4 is 4.90 Å². The molecule has 26 heavy (non-hydrogen) atoms. The number of ether oxygens (including phenoxy) is 2. The van der Waals surface area contributed by atoms with Crippen LogP contribution in [0.25, 0.3) is 0 Å². The lowest BCUT2D eigenvalue weighted by molar-refractivity contribution is -0.215. The number of halogens is 2. The minimum Gasteiger partial charge on any atom is -0.481 e. The maximum atomic E-state index is 13.6. The van der Waals surface area contributed by atoms with E-state index in [-0.39, 0.29) is 37.4 Å². The molecule has 1 amide bonds. The lowest BCUT2D eigenvalue weighted by Crippen LogP contribution is -2.50. The van der Waals surface area contributed by atoms with Gasteiger partial charge in [0.05, 0.1) is 24.5 Å². The summed E-state index contributed by atoms with van der Waals surface area (Å²) in [4.78, 5) is 26.2. The quantitative estimate of drug-likeness (QED) is 0.868. The number of amides is 1. The second-order valence-corrected chi connectivity index (χ2v) is 7.34. The SMILES string of the molecule is O=C(O)C1CC2(C[C@@]3(CCN(c4cc(F)cc(F)c4)C3=O)C1)OCCO2. The van der Waals surface area contributed by atoms with Gasteiger partial charge in [-0.25, -0.2) is 8.78 Å². The van der Waals surface area contributed by atoms with Gasteiger partial charge in [-0.3, -0.25) is 9.59 Å². The molecule has 4 rings (SSSR count). The summed E-state index contributed by atoms with van der Waals surface area (Å²) in [6.07, 6.45) is 1.02. The van der Waals surface area contributed by atoms with E-state index in [2.05, 4.69) is 0 Å². The Morgan fingerprint density at radius 1 is 1.15 bits per heavy atom. The van der Waals surface area contributed by atoms with Gasteiger partial charge in [-0.05, 0) is 25.0 Å². The topological polar surface area (TPSA) is 76.1 Å². The molecule has 1 aliphatic carbocycles. The number of nitrogens with zero attached hydrogens (tertiary/aromatic N) is 1. The van der Waals surface area contributed by atoms with Crippen molar-refractivity contribution in [3.63, 3.8) is 0 Å². The van der Waals surface area contributed by atoms with Gasteiger partial charge in [-0.15, -0.1) is 0 Å². The summed E-state index contributed by atoms with van der Waals surface area (Å²) >= 11 is 0. The van der Waals surface area contributed by atoms with Crippen LogP contribution in [-0.4, -0.2) is 42.5 Å². The number of rotatable bonds is 2. The maximum absolute atomic E-state index is 13.6. The van der Waals surface area contributed by atoms with Gasteiger partial charge in [0.2, 0.25) is 5.91 Å². The molecule has 3 aliphatic rings. The van der Waals surface area contributed by atoms with Gasteiger partial charge in [-0.1, -0.05) is 0 Å². The minimum atomic E-state index is -1.07. The van der Waals surface area contributed by atoms with E-state index < -0.39 is 34.7 Å². The average Bonchev–Trinajstić information content (AvgIpc) is 3.12. The van der Waals surface area contributed by atoms with Crippen molar-refractivity contribution in [2.45, 2.75) is 31.5 Å². The van der Waals surface area contributed by atoms with Gasteiger partial charge in [0, 0.05) is 31.1 Å². The van der Waals surface area contributed by atoms with Crippen molar-refractivity contribution in [1.82, 2.24) is 0 Å². The highest BCUT2D eigenvalue weighted by molar-refractivity contribution is 6.00. The highest BCUT2D eigenvalue weighted by Gasteiger charge is 2.59. The van der Waals surface area contributed by atoms with Crippen molar-refractivity contribution in [2.75, 3.05) is 24.7 Å². The summed E-state index contributed by atoms with van der Waals surface area (Å²) in [6.45, 7) is 0.981. The van der Waals surface area contributed by atoms with E-state index in [0.717, 1.165) is 18.2 Å². The summed E-state index contributed by atoms with van der Waals surface area (Å²) in [5.41, 5.74) is -0.821. The van der Waals surface area contributed by atoms with Crippen LogP contribution in [0.4, 0.5) is 14.5 Å². The van der Waals surface area contributed by atoms with E-state index in [4.69, 9.17) is 9.47 Å². The molecule has 1 aromatic carbocycles. The largest absolute Gasteiger partial charge is 0.481 e. The second kappa shape index (κ2) is 5.99. The van der Waals surface area contributed by atoms with E-state index in [1.54, 1.807) is 0 Å². The molecule has 1 saturated carbocycles. The van der Waals surface area contributed by atoms with E-state index in [0.29, 0.717) is 19.6 Å². The third kappa shape index (κ3) is 2.77. The number of anilines is 1. The van der Waals surface area contributed by atoms with Gasteiger partial charge in [0.15, 0.2) is 5.79 Å². The van der Waals surface area contributed by atoms with Crippen LogP contribution >= 0.6 is 0 Å². The molecule has 0 bridgehead atoms. The highest BCUT2D eigenvalue weighted by atomic mass is 19.1. The molecule has 8 heteroatoms. The number of carbonyl (C=O) groups is 2. The zero-order valence-corrected chi connectivity index (χ0v) is 14.0. The predicted molar refractivity (Wildman–Crippen MR) is 85.4 cm³/mol. The Balaban J connectivity index is 1.67. The lowest BCUT2D eigenvalue weighted by Gasteiger charge is -2.44. The van der Waals surface area contributed by atoms with E-state index in [1.165, 1.54) is 4.90 Å².